The molecule has 2 heteroatoms. The number of aromatic nitrogens is 2. The van der Waals surface area contributed by atoms with Crippen LogP contribution in [-0.4, -0.2) is 9.78 Å². The molecule has 0 saturated carbocycles. The average molecular weight is 214 g/mol. The monoisotopic (exact) mass is 214 g/mol. The van der Waals surface area contributed by atoms with E-state index in [1.165, 1.54) is 16.8 Å². The van der Waals surface area contributed by atoms with Gasteiger partial charge in [0.2, 0.25) is 0 Å². The molecule has 1 aromatic heterocycles. The Labute approximate surface area is 96.9 Å². The predicted octanol–water partition coefficient (Wildman–Crippen LogP) is 3.38. The van der Waals surface area contributed by atoms with Crippen molar-refractivity contribution in [2.24, 2.45) is 7.05 Å². The summed E-state index contributed by atoms with van der Waals surface area (Å²) in [5.41, 5.74) is 3.85. The summed E-state index contributed by atoms with van der Waals surface area (Å²) in [7, 11) is 2.01. The van der Waals surface area contributed by atoms with E-state index in [9.17, 15) is 0 Å². The fourth-order valence-electron chi connectivity index (χ4n) is 2.16. The molecule has 0 unspecified atom stereocenters. The fourth-order valence-corrected chi connectivity index (χ4v) is 2.16. The summed E-state index contributed by atoms with van der Waals surface area (Å²) in [6.45, 7) is 6.66. The van der Waals surface area contributed by atoms with Crippen molar-refractivity contribution in [1.82, 2.24) is 9.78 Å². The smallest absolute Gasteiger partial charge is 0.0571 e. The first-order valence-electron chi connectivity index (χ1n) is 5.58. The molecule has 16 heavy (non-hydrogen) atoms. The van der Waals surface area contributed by atoms with Gasteiger partial charge in [0.05, 0.1) is 11.9 Å². The maximum absolute atomic E-state index is 4.38. The summed E-state index contributed by atoms with van der Waals surface area (Å²) in [5.74, 6) is 0. The second-order valence-corrected chi connectivity index (χ2v) is 5.15. The summed E-state index contributed by atoms with van der Waals surface area (Å²) >= 11 is 0. The van der Waals surface area contributed by atoms with Gasteiger partial charge in [0.1, 0.15) is 0 Å². The number of benzene rings is 1. The van der Waals surface area contributed by atoms with Crippen LogP contribution in [0.25, 0.3) is 11.1 Å². The normalized spacial score (nSPS) is 11.8. The van der Waals surface area contributed by atoms with Crippen LogP contribution in [0.15, 0.2) is 36.5 Å². The van der Waals surface area contributed by atoms with Crippen LogP contribution in [0, 0.1) is 0 Å². The molecule has 0 atom stereocenters. The van der Waals surface area contributed by atoms with Crippen molar-refractivity contribution in [2.75, 3.05) is 0 Å². The van der Waals surface area contributed by atoms with Crippen LogP contribution >= 0.6 is 0 Å². The van der Waals surface area contributed by atoms with Gasteiger partial charge in [0.25, 0.3) is 0 Å². The van der Waals surface area contributed by atoms with Crippen molar-refractivity contribution in [2.45, 2.75) is 26.2 Å². The zero-order chi connectivity index (χ0) is 11.8. The molecular formula is C14H18N2. The third kappa shape index (κ3) is 1.87. The van der Waals surface area contributed by atoms with Gasteiger partial charge in [-0.15, -0.1) is 0 Å². The number of hydrogen-bond donors (Lipinski definition) is 0. The van der Waals surface area contributed by atoms with E-state index in [4.69, 9.17) is 0 Å². The number of nitrogens with zero attached hydrogens (tertiary/aromatic N) is 2. The van der Waals surface area contributed by atoms with E-state index in [1.54, 1.807) is 0 Å². The Kier molecular flexibility index (Phi) is 2.58. The molecule has 0 N–H and O–H groups in total. The Morgan fingerprint density at radius 3 is 2.25 bits per heavy atom. The van der Waals surface area contributed by atoms with Crippen LogP contribution in [0.1, 0.15) is 26.5 Å². The third-order valence-electron chi connectivity index (χ3n) is 2.73. The van der Waals surface area contributed by atoms with E-state index < -0.39 is 0 Å². The minimum absolute atomic E-state index is 0.108. The van der Waals surface area contributed by atoms with Crippen molar-refractivity contribution in [3.05, 3.63) is 42.2 Å². The first kappa shape index (κ1) is 10.9. The van der Waals surface area contributed by atoms with E-state index in [2.05, 4.69) is 50.1 Å². The molecule has 2 nitrogen and oxygen atoms in total. The van der Waals surface area contributed by atoms with Gasteiger partial charge in [-0.05, 0) is 5.56 Å². The Morgan fingerprint density at radius 2 is 1.69 bits per heavy atom. The molecule has 84 valence electrons. The molecule has 2 rings (SSSR count). The Bertz CT molecular complexity index is 475. The Hall–Kier alpha value is -1.57. The zero-order valence-corrected chi connectivity index (χ0v) is 10.4. The third-order valence-corrected chi connectivity index (χ3v) is 2.73. The Morgan fingerprint density at radius 1 is 1.06 bits per heavy atom. The lowest BCUT2D eigenvalue weighted by Gasteiger charge is -2.21. The van der Waals surface area contributed by atoms with Crippen molar-refractivity contribution in [3.8, 4) is 11.1 Å². The fraction of sp³-hybridized carbons (Fsp3) is 0.357. The largest absolute Gasteiger partial charge is 0.271 e. The lowest BCUT2D eigenvalue weighted by Crippen LogP contribution is -2.17. The average Bonchev–Trinajstić information content (AvgIpc) is 2.61. The summed E-state index contributed by atoms with van der Waals surface area (Å²) in [4.78, 5) is 0. The molecule has 0 saturated heterocycles. The lowest BCUT2D eigenvalue weighted by atomic mass is 9.87. The molecule has 1 aromatic carbocycles. The molecule has 0 spiro atoms. The summed E-state index contributed by atoms with van der Waals surface area (Å²) in [6.07, 6.45) is 1.95. The van der Waals surface area contributed by atoms with Gasteiger partial charge in [-0.1, -0.05) is 51.1 Å². The topological polar surface area (TPSA) is 17.8 Å². The quantitative estimate of drug-likeness (QED) is 0.711. The lowest BCUT2D eigenvalue weighted by molar-refractivity contribution is 0.524. The van der Waals surface area contributed by atoms with E-state index in [1.807, 2.05) is 24.0 Å². The van der Waals surface area contributed by atoms with Gasteiger partial charge >= 0.3 is 0 Å². The van der Waals surface area contributed by atoms with Crippen molar-refractivity contribution >= 4 is 0 Å². The summed E-state index contributed by atoms with van der Waals surface area (Å²) < 4.78 is 1.97. The number of aryl methyl sites for hydroxylation is 1. The van der Waals surface area contributed by atoms with E-state index in [-0.39, 0.29) is 5.41 Å². The van der Waals surface area contributed by atoms with E-state index in [0.717, 1.165) is 0 Å². The highest BCUT2D eigenvalue weighted by atomic mass is 15.3. The van der Waals surface area contributed by atoms with Gasteiger partial charge in [-0.3, -0.25) is 4.68 Å². The van der Waals surface area contributed by atoms with Gasteiger partial charge in [-0.25, -0.2) is 0 Å². The first-order valence-corrected chi connectivity index (χ1v) is 5.58. The number of hydrogen-bond acceptors (Lipinski definition) is 1. The highest BCUT2D eigenvalue weighted by Crippen LogP contribution is 2.32. The highest BCUT2D eigenvalue weighted by molar-refractivity contribution is 5.66. The maximum Gasteiger partial charge on any atom is 0.0571 e. The molecule has 0 radical (unpaired) electrons. The van der Waals surface area contributed by atoms with Crippen molar-refractivity contribution < 1.29 is 0 Å². The summed E-state index contributed by atoms with van der Waals surface area (Å²) in [5, 5.41) is 4.38. The van der Waals surface area contributed by atoms with Crippen LogP contribution in [0.2, 0.25) is 0 Å². The van der Waals surface area contributed by atoms with Crippen LogP contribution in [0.4, 0.5) is 0 Å². The molecule has 1 heterocycles. The molecule has 2 aromatic rings. The Balaban J connectivity index is 2.60. The molecule has 0 aliphatic rings. The van der Waals surface area contributed by atoms with E-state index in [0.29, 0.717) is 0 Å². The molecule has 0 amide bonds. The van der Waals surface area contributed by atoms with Gasteiger partial charge in [0, 0.05) is 18.0 Å². The molecule has 0 aliphatic heterocycles. The van der Waals surface area contributed by atoms with Crippen LogP contribution in [0.3, 0.4) is 0 Å². The molecule has 0 fully saturated rings. The predicted molar refractivity (Wildman–Crippen MR) is 67.3 cm³/mol. The van der Waals surface area contributed by atoms with Crippen molar-refractivity contribution in [1.29, 1.82) is 0 Å². The van der Waals surface area contributed by atoms with Crippen molar-refractivity contribution in [3.63, 3.8) is 0 Å². The SMILES string of the molecule is Cn1ncc(-c2ccccc2)c1C(C)(C)C. The summed E-state index contributed by atoms with van der Waals surface area (Å²) in [6, 6.07) is 10.4. The number of rotatable bonds is 1. The minimum Gasteiger partial charge on any atom is -0.271 e. The standard InChI is InChI=1S/C14H18N2/c1-14(2,3)13-12(10-15-16(13)4)11-8-6-5-7-9-11/h5-10H,1-4H3. The second-order valence-electron chi connectivity index (χ2n) is 5.15. The van der Waals surface area contributed by atoms with Gasteiger partial charge < -0.3 is 0 Å². The van der Waals surface area contributed by atoms with Crippen LogP contribution in [-0.2, 0) is 12.5 Å². The zero-order valence-electron chi connectivity index (χ0n) is 10.4. The van der Waals surface area contributed by atoms with Crippen LogP contribution < -0.4 is 0 Å². The highest BCUT2D eigenvalue weighted by Gasteiger charge is 2.22. The maximum atomic E-state index is 4.38. The van der Waals surface area contributed by atoms with E-state index >= 15 is 0 Å². The molecule has 0 bridgehead atoms. The van der Waals surface area contributed by atoms with Gasteiger partial charge in [-0.2, -0.15) is 5.10 Å². The second kappa shape index (κ2) is 3.78. The first-order chi connectivity index (χ1) is 7.50. The van der Waals surface area contributed by atoms with Gasteiger partial charge in [0.15, 0.2) is 0 Å². The molecule has 0 aliphatic carbocycles. The minimum atomic E-state index is 0.108. The van der Waals surface area contributed by atoms with Crippen LogP contribution in [0.5, 0.6) is 0 Å². The molecular weight excluding hydrogens is 196 g/mol.